The highest BCUT2D eigenvalue weighted by molar-refractivity contribution is 8.26. The van der Waals surface area contributed by atoms with Crippen LogP contribution in [-0.2, 0) is 22.5 Å². The zero-order valence-corrected chi connectivity index (χ0v) is 21.6. The molecule has 35 heavy (non-hydrogen) atoms. The number of hydrogen-bond acceptors (Lipinski definition) is 7. The Morgan fingerprint density at radius 3 is 2.54 bits per heavy atom. The zero-order chi connectivity index (χ0) is 24.9. The summed E-state index contributed by atoms with van der Waals surface area (Å²) in [4.78, 5) is 30.8. The third-order valence-electron chi connectivity index (χ3n) is 6.22. The summed E-state index contributed by atoms with van der Waals surface area (Å²) in [5, 5.41) is 9.77. The number of nitriles is 1. The molecule has 0 aliphatic carbocycles. The van der Waals surface area contributed by atoms with Crippen molar-refractivity contribution in [3.8, 4) is 6.07 Å². The van der Waals surface area contributed by atoms with Crippen LogP contribution in [0.15, 0.2) is 40.0 Å². The predicted octanol–water partition coefficient (Wildman–Crippen LogP) is 3.72. The van der Waals surface area contributed by atoms with Crippen LogP contribution < -0.4 is 10.5 Å². The Morgan fingerprint density at radius 1 is 1.17 bits per heavy atom. The number of carbonyl (C=O) groups is 1. The fourth-order valence-electron chi connectivity index (χ4n) is 4.40. The highest BCUT2D eigenvalue weighted by Gasteiger charge is 2.33. The second kappa shape index (κ2) is 11.2. The van der Waals surface area contributed by atoms with Crippen molar-refractivity contribution in [1.29, 1.82) is 5.26 Å². The van der Waals surface area contributed by atoms with Crippen molar-refractivity contribution >= 4 is 46.1 Å². The SMILES string of the molecule is CCCn1c(N2CCOCC2)c(/C=C2/SC(=S)N(CCc3ccccc3)C2=O)c(C)c(C#N)c1=O. The molecule has 3 heterocycles. The van der Waals surface area contributed by atoms with Gasteiger partial charge in [0.15, 0.2) is 0 Å². The third-order valence-corrected chi connectivity index (χ3v) is 7.60. The molecule has 2 fully saturated rings. The van der Waals surface area contributed by atoms with E-state index in [0.717, 1.165) is 23.4 Å². The molecule has 4 rings (SSSR count). The second-order valence-electron chi connectivity index (χ2n) is 8.47. The molecular formula is C26H28N4O3S2. The van der Waals surface area contributed by atoms with Crippen LogP contribution in [-0.4, -0.2) is 52.5 Å². The van der Waals surface area contributed by atoms with Gasteiger partial charge < -0.3 is 9.64 Å². The molecule has 2 saturated heterocycles. The first-order chi connectivity index (χ1) is 17.0. The first kappa shape index (κ1) is 25.2. The van der Waals surface area contributed by atoms with Crippen LogP contribution >= 0.6 is 24.0 Å². The monoisotopic (exact) mass is 508 g/mol. The first-order valence-corrected chi connectivity index (χ1v) is 13.0. The Hall–Kier alpha value is -2.93. The average molecular weight is 509 g/mol. The minimum absolute atomic E-state index is 0.112. The van der Waals surface area contributed by atoms with E-state index in [1.165, 1.54) is 11.8 Å². The molecule has 2 aliphatic heterocycles. The second-order valence-corrected chi connectivity index (χ2v) is 10.2. The van der Waals surface area contributed by atoms with Crippen molar-refractivity contribution in [1.82, 2.24) is 9.47 Å². The first-order valence-electron chi connectivity index (χ1n) is 11.8. The van der Waals surface area contributed by atoms with Crippen molar-refractivity contribution in [3.05, 3.63) is 67.8 Å². The summed E-state index contributed by atoms with van der Waals surface area (Å²) in [5.74, 6) is 0.598. The molecule has 2 aromatic rings. The van der Waals surface area contributed by atoms with E-state index in [9.17, 15) is 14.9 Å². The summed E-state index contributed by atoms with van der Waals surface area (Å²) in [7, 11) is 0. The topological polar surface area (TPSA) is 78.6 Å². The van der Waals surface area contributed by atoms with Gasteiger partial charge in [0.1, 0.15) is 21.8 Å². The number of rotatable bonds is 7. The fraction of sp³-hybridized carbons (Fsp3) is 0.385. The van der Waals surface area contributed by atoms with Crippen LogP contribution in [0.25, 0.3) is 6.08 Å². The normalized spacial score (nSPS) is 17.3. The minimum atomic E-state index is -0.291. The molecule has 1 aromatic carbocycles. The maximum absolute atomic E-state index is 13.4. The molecule has 2 aliphatic rings. The quantitative estimate of drug-likeness (QED) is 0.417. The van der Waals surface area contributed by atoms with E-state index in [1.54, 1.807) is 16.4 Å². The number of aromatic nitrogens is 1. The smallest absolute Gasteiger partial charge is 0.270 e. The Bertz CT molecular complexity index is 1260. The molecule has 7 nitrogen and oxygen atoms in total. The lowest BCUT2D eigenvalue weighted by Gasteiger charge is -2.33. The number of nitrogens with zero attached hydrogens (tertiary/aromatic N) is 4. The molecule has 0 saturated carbocycles. The minimum Gasteiger partial charge on any atom is -0.378 e. The van der Waals surface area contributed by atoms with E-state index in [0.29, 0.717) is 60.6 Å². The van der Waals surface area contributed by atoms with E-state index < -0.39 is 0 Å². The summed E-state index contributed by atoms with van der Waals surface area (Å²) in [5.41, 5.74) is 2.27. The van der Waals surface area contributed by atoms with E-state index in [2.05, 4.69) is 11.0 Å². The van der Waals surface area contributed by atoms with Gasteiger partial charge in [-0.25, -0.2) is 0 Å². The number of benzene rings is 1. The standard InChI is InChI=1S/C26H28N4O3S2/c1-3-10-29-23(28-12-14-33-15-13-28)20(18(2)21(17-27)24(29)31)16-22-25(32)30(26(34)35-22)11-9-19-7-5-4-6-8-19/h4-8,16H,3,9-15H2,1-2H3/b22-16+. The molecule has 1 aromatic heterocycles. The molecule has 0 spiro atoms. The number of thiocarbonyl (C=S) groups is 1. The fourth-order valence-corrected chi connectivity index (χ4v) is 5.69. The van der Waals surface area contributed by atoms with Gasteiger partial charge in [0.2, 0.25) is 0 Å². The molecule has 0 atom stereocenters. The Labute approximate surface area is 215 Å². The van der Waals surface area contributed by atoms with E-state index in [1.807, 2.05) is 43.3 Å². The lowest BCUT2D eigenvalue weighted by Crippen LogP contribution is -2.41. The number of carbonyl (C=O) groups excluding carboxylic acids is 1. The maximum Gasteiger partial charge on any atom is 0.270 e. The van der Waals surface area contributed by atoms with Crippen LogP contribution in [0.5, 0.6) is 0 Å². The summed E-state index contributed by atoms with van der Waals surface area (Å²) < 4.78 is 7.73. The van der Waals surface area contributed by atoms with Crippen molar-refractivity contribution in [3.63, 3.8) is 0 Å². The van der Waals surface area contributed by atoms with Gasteiger partial charge in [-0.15, -0.1) is 0 Å². The van der Waals surface area contributed by atoms with Gasteiger partial charge >= 0.3 is 0 Å². The molecule has 0 N–H and O–H groups in total. The number of anilines is 1. The number of amides is 1. The maximum atomic E-state index is 13.4. The lowest BCUT2D eigenvalue weighted by molar-refractivity contribution is -0.122. The number of thioether (sulfide) groups is 1. The Morgan fingerprint density at radius 2 is 1.89 bits per heavy atom. The largest absolute Gasteiger partial charge is 0.378 e. The van der Waals surface area contributed by atoms with Gasteiger partial charge in [-0.1, -0.05) is 61.2 Å². The van der Waals surface area contributed by atoms with E-state index in [-0.39, 0.29) is 17.0 Å². The summed E-state index contributed by atoms with van der Waals surface area (Å²) in [6.07, 6.45) is 3.26. The predicted molar refractivity (Wildman–Crippen MR) is 144 cm³/mol. The third kappa shape index (κ3) is 5.20. The average Bonchev–Trinajstić information content (AvgIpc) is 3.14. The van der Waals surface area contributed by atoms with Gasteiger partial charge in [-0.3, -0.25) is 19.1 Å². The van der Waals surface area contributed by atoms with Crippen molar-refractivity contribution in [2.45, 2.75) is 33.2 Å². The molecule has 1 amide bonds. The highest BCUT2D eigenvalue weighted by atomic mass is 32.2. The van der Waals surface area contributed by atoms with Gasteiger partial charge in [0, 0.05) is 31.7 Å². The van der Waals surface area contributed by atoms with Crippen LogP contribution in [0, 0.1) is 18.3 Å². The van der Waals surface area contributed by atoms with E-state index in [4.69, 9.17) is 17.0 Å². The Balaban J connectivity index is 1.75. The van der Waals surface area contributed by atoms with Crippen LogP contribution in [0.2, 0.25) is 0 Å². The molecular weight excluding hydrogens is 480 g/mol. The summed E-state index contributed by atoms with van der Waals surface area (Å²) in [6.45, 7) is 7.14. The number of morpholine rings is 1. The number of pyridine rings is 1. The number of ether oxygens (including phenoxy) is 1. The Kier molecular flexibility index (Phi) is 8.06. The molecule has 0 radical (unpaired) electrons. The van der Waals surface area contributed by atoms with E-state index >= 15 is 0 Å². The summed E-state index contributed by atoms with van der Waals surface area (Å²) in [6, 6.07) is 12.1. The number of hydrogen-bond donors (Lipinski definition) is 0. The van der Waals surface area contributed by atoms with Gasteiger partial charge in [0.25, 0.3) is 11.5 Å². The molecule has 0 bridgehead atoms. The summed E-state index contributed by atoms with van der Waals surface area (Å²) >= 11 is 6.81. The van der Waals surface area contributed by atoms with Gasteiger partial charge in [-0.05, 0) is 37.0 Å². The molecule has 0 unspecified atom stereocenters. The molecule has 182 valence electrons. The van der Waals surface area contributed by atoms with Gasteiger partial charge in [0.05, 0.1) is 18.1 Å². The van der Waals surface area contributed by atoms with Gasteiger partial charge in [-0.2, -0.15) is 5.26 Å². The van der Waals surface area contributed by atoms with Crippen LogP contribution in [0.4, 0.5) is 5.82 Å². The lowest BCUT2D eigenvalue weighted by atomic mass is 10.0. The van der Waals surface area contributed by atoms with Crippen molar-refractivity contribution < 1.29 is 9.53 Å². The zero-order valence-electron chi connectivity index (χ0n) is 20.0. The molecule has 9 heteroatoms. The van der Waals surface area contributed by atoms with Crippen molar-refractivity contribution in [2.24, 2.45) is 0 Å². The van der Waals surface area contributed by atoms with Crippen molar-refractivity contribution in [2.75, 3.05) is 37.7 Å². The highest BCUT2D eigenvalue weighted by Crippen LogP contribution is 2.36. The van der Waals surface area contributed by atoms with Crippen LogP contribution in [0.1, 0.15) is 35.6 Å². The van der Waals surface area contributed by atoms with Crippen LogP contribution in [0.3, 0.4) is 0 Å².